The van der Waals surface area contributed by atoms with Gasteiger partial charge in [-0.3, -0.25) is 0 Å². The number of benzene rings is 1. The molecule has 2 rings (SSSR count). The Morgan fingerprint density at radius 1 is 1.38 bits per heavy atom. The van der Waals surface area contributed by atoms with E-state index in [1.165, 1.54) is 17.3 Å². The number of hydrogen-bond acceptors (Lipinski definition) is 3. The molecule has 0 fully saturated rings. The number of carboxylic acid groups (broad SMARTS) is 1. The molecule has 0 saturated carbocycles. The Balaban J connectivity index is 2.34. The Hall–Kier alpha value is -1.75. The van der Waals surface area contributed by atoms with E-state index in [1.807, 2.05) is 5.38 Å². The molecular formula is C11H7BNO2S. The summed E-state index contributed by atoms with van der Waals surface area (Å²) in [6.07, 6.45) is 0. The van der Waals surface area contributed by atoms with Gasteiger partial charge in [0.25, 0.3) is 0 Å². The van der Waals surface area contributed by atoms with E-state index in [1.54, 1.807) is 24.3 Å². The van der Waals surface area contributed by atoms with Crippen molar-refractivity contribution in [2.24, 2.45) is 0 Å². The molecule has 3 nitrogen and oxygen atoms in total. The summed E-state index contributed by atoms with van der Waals surface area (Å²) in [5.41, 5.74) is 1.96. The van der Waals surface area contributed by atoms with Crippen LogP contribution in [-0.4, -0.2) is 29.5 Å². The maximum absolute atomic E-state index is 10.7. The maximum atomic E-state index is 10.7. The molecule has 0 aliphatic carbocycles. The predicted octanol–water partition coefficient (Wildman–Crippen LogP) is 1.83. The average Bonchev–Trinajstić information content (AvgIpc) is 2.77. The van der Waals surface area contributed by atoms with Crippen LogP contribution in [0, 0.1) is 0 Å². The molecular weight excluding hydrogens is 221 g/mol. The van der Waals surface area contributed by atoms with Gasteiger partial charge in [-0.15, -0.1) is 0 Å². The second kappa shape index (κ2) is 4.41. The molecule has 1 N–H and O–H groups in total. The Bertz CT molecular complexity index is 533. The molecule has 0 bridgehead atoms. The summed E-state index contributed by atoms with van der Waals surface area (Å²) in [4.78, 5) is 14.9. The van der Waals surface area contributed by atoms with Crippen molar-refractivity contribution in [3.63, 3.8) is 0 Å². The summed E-state index contributed by atoms with van der Waals surface area (Å²) < 4.78 is 0. The van der Waals surface area contributed by atoms with Crippen LogP contribution in [0.15, 0.2) is 29.6 Å². The fourth-order valence-corrected chi connectivity index (χ4v) is 1.93. The van der Waals surface area contributed by atoms with Gasteiger partial charge in [-0.2, -0.15) is 0 Å². The van der Waals surface area contributed by atoms with Gasteiger partial charge in [0.2, 0.25) is 0 Å². The summed E-state index contributed by atoms with van der Waals surface area (Å²) in [5.74, 6) is 0.514. The third kappa shape index (κ3) is 2.09. The van der Waals surface area contributed by atoms with E-state index in [0.29, 0.717) is 0 Å². The van der Waals surface area contributed by atoms with Crippen molar-refractivity contribution < 1.29 is 9.90 Å². The van der Waals surface area contributed by atoms with Gasteiger partial charge < -0.3 is 0 Å². The molecule has 16 heavy (non-hydrogen) atoms. The van der Waals surface area contributed by atoms with Crippen LogP contribution in [0.2, 0.25) is 0 Å². The fraction of sp³-hybridized carbons (Fsp3) is 0. The molecule has 5 heteroatoms. The first-order valence-electron chi connectivity index (χ1n) is 4.55. The summed E-state index contributed by atoms with van der Waals surface area (Å²) >= 11 is 1.45. The number of carboxylic acids is 1. The number of nitrogens with zero attached hydrogens (tertiary/aromatic N) is 1. The van der Waals surface area contributed by atoms with Gasteiger partial charge >= 0.3 is 97.1 Å². The van der Waals surface area contributed by atoms with Crippen molar-refractivity contribution in [3.8, 4) is 11.3 Å². The second-order valence-corrected chi connectivity index (χ2v) is 4.01. The van der Waals surface area contributed by atoms with Crippen LogP contribution in [0.4, 0.5) is 0 Å². The van der Waals surface area contributed by atoms with Crippen molar-refractivity contribution in [2.45, 2.75) is 0 Å². The fourth-order valence-electron chi connectivity index (χ4n) is 1.28. The topological polar surface area (TPSA) is 50.2 Å². The van der Waals surface area contributed by atoms with E-state index in [0.717, 1.165) is 16.3 Å². The van der Waals surface area contributed by atoms with Gasteiger partial charge in [-0.1, -0.05) is 0 Å². The van der Waals surface area contributed by atoms with E-state index in [2.05, 4.69) is 4.98 Å². The molecule has 1 aromatic carbocycles. The minimum absolute atomic E-state index is 0.268. The molecule has 0 unspecified atom stereocenters. The second-order valence-electron chi connectivity index (χ2n) is 3.12. The molecule has 1 radical (unpaired) electrons. The third-order valence-corrected chi connectivity index (χ3v) is 2.90. The number of hydrogen-bond donors (Lipinski definition) is 1. The van der Waals surface area contributed by atoms with Gasteiger partial charge in [0, 0.05) is 0 Å². The molecule has 0 spiro atoms. The Morgan fingerprint density at radius 3 is 2.56 bits per heavy atom. The standard InChI is InChI=1S/C11H7BNO2S/c12-5-10-13-9(6-16-10)7-1-3-8(4-2-7)11(14)15/h1-6H,(H,14,15). The first kappa shape index (κ1) is 10.8. The summed E-state index contributed by atoms with van der Waals surface area (Å²) in [5, 5.41) is 11.4. The van der Waals surface area contributed by atoms with E-state index in [9.17, 15) is 4.79 Å². The summed E-state index contributed by atoms with van der Waals surface area (Å²) in [7, 11) is 5.35. The van der Waals surface area contributed by atoms with Crippen LogP contribution in [0.1, 0.15) is 15.4 Å². The van der Waals surface area contributed by atoms with Crippen LogP contribution < -0.4 is 0 Å². The first-order chi connectivity index (χ1) is 7.70. The van der Waals surface area contributed by atoms with Gasteiger partial charge in [0.15, 0.2) is 0 Å². The zero-order valence-corrected chi connectivity index (χ0v) is 9.07. The number of rotatable bonds is 3. The molecule has 0 aliphatic rings. The van der Waals surface area contributed by atoms with Crippen molar-refractivity contribution in [1.29, 1.82) is 0 Å². The van der Waals surface area contributed by atoms with E-state index in [4.69, 9.17) is 12.6 Å². The molecule has 0 amide bonds. The quantitative estimate of drug-likeness (QED) is 0.815. The predicted molar refractivity (Wildman–Crippen MR) is 65.4 cm³/mol. The van der Waals surface area contributed by atoms with Crippen molar-refractivity contribution >= 4 is 30.8 Å². The minimum atomic E-state index is -0.930. The number of aromatic nitrogens is 1. The van der Waals surface area contributed by atoms with E-state index >= 15 is 0 Å². The van der Waals surface area contributed by atoms with E-state index < -0.39 is 5.97 Å². The normalized spacial score (nSPS) is 9.94. The Labute approximate surface area is 97.5 Å². The zero-order valence-electron chi connectivity index (χ0n) is 8.25. The summed E-state index contributed by atoms with van der Waals surface area (Å²) in [6, 6.07) is 6.59. The van der Waals surface area contributed by atoms with Crippen LogP contribution in [-0.2, 0) is 0 Å². The summed E-state index contributed by atoms with van der Waals surface area (Å²) in [6.45, 7) is 0. The van der Waals surface area contributed by atoms with Gasteiger partial charge in [0.05, 0.1) is 0 Å². The van der Waals surface area contributed by atoms with Crippen molar-refractivity contribution in [1.82, 2.24) is 4.98 Å². The van der Waals surface area contributed by atoms with Gasteiger partial charge in [-0.05, 0) is 0 Å². The molecule has 1 heterocycles. The number of aromatic carboxylic acids is 1. The number of carbonyl (C=O) groups is 1. The molecule has 77 valence electrons. The zero-order chi connectivity index (χ0) is 11.5. The van der Waals surface area contributed by atoms with Crippen LogP contribution in [0.5, 0.6) is 0 Å². The van der Waals surface area contributed by atoms with E-state index in [-0.39, 0.29) is 5.56 Å². The first-order valence-corrected chi connectivity index (χ1v) is 5.43. The molecule has 1 aromatic heterocycles. The molecule has 0 atom stereocenters. The average molecular weight is 228 g/mol. The van der Waals surface area contributed by atoms with Gasteiger partial charge in [-0.25, -0.2) is 0 Å². The van der Waals surface area contributed by atoms with Crippen LogP contribution >= 0.6 is 11.3 Å². The molecule has 2 aromatic rings. The number of thiazole rings is 1. The Morgan fingerprint density at radius 2 is 2.06 bits per heavy atom. The monoisotopic (exact) mass is 228 g/mol. The Kier molecular flexibility index (Phi) is 2.96. The van der Waals surface area contributed by atoms with Crippen molar-refractivity contribution in [2.75, 3.05) is 0 Å². The van der Waals surface area contributed by atoms with Crippen LogP contribution in [0.3, 0.4) is 0 Å². The van der Waals surface area contributed by atoms with Gasteiger partial charge in [0.1, 0.15) is 0 Å². The third-order valence-electron chi connectivity index (χ3n) is 2.09. The van der Waals surface area contributed by atoms with Crippen LogP contribution in [0.25, 0.3) is 11.3 Å². The SMILES string of the molecule is [B]=Cc1nc(-c2ccc(C(=O)O)cc2)cs1. The van der Waals surface area contributed by atoms with Crippen molar-refractivity contribution in [3.05, 3.63) is 40.2 Å². The molecule has 0 saturated heterocycles. The molecule has 0 aliphatic heterocycles.